The summed E-state index contributed by atoms with van der Waals surface area (Å²) in [7, 11) is 0. The van der Waals surface area contributed by atoms with Crippen molar-refractivity contribution in [2.24, 2.45) is 5.92 Å². The summed E-state index contributed by atoms with van der Waals surface area (Å²) in [6.07, 6.45) is 2.97. The summed E-state index contributed by atoms with van der Waals surface area (Å²) < 4.78 is 0. The third kappa shape index (κ3) is 4.50. The molecule has 1 saturated heterocycles. The smallest absolute Gasteiger partial charge is 0.303 e. The molecule has 0 unspecified atom stereocenters. The van der Waals surface area contributed by atoms with Crippen LogP contribution in [-0.4, -0.2) is 34.2 Å². The van der Waals surface area contributed by atoms with Crippen LogP contribution in [0.4, 0.5) is 0 Å². The number of hydrogen-bond acceptors (Lipinski definition) is 3. The highest BCUT2D eigenvalue weighted by Gasteiger charge is 2.21. The van der Waals surface area contributed by atoms with E-state index in [-0.39, 0.29) is 12.2 Å². The van der Waals surface area contributed by atoms with E-state index in [0.29, 0.717) is 22.5 Å². The fraction of sp³-hybridized carbons (Fsp3) is 0.533. The molecule has 0 bridgehead atoms. The second kappa shape index (κ2) is 7.34. The van der Waals surface area contributed by atoms with Gasteiger partial charge in [-0.25, -0.2) is 0 Å². The van der Waals surface area contributed by atoms with Crippen LogP contribution in [0.3, 0.4) is 0 Å². The van der Waals surface area contributed by atoms with E-state index in [4.69, 9.17) is 28.3 Å². The lowest BCUT2D eigenvalue weighted by Crippen LogP contribution is -2.33. The van der Waals surface area contributed by atoms with Crippen LogP contribution in [0.25, 0.3) is 0 Å². The van der Waals surface area contributed by atoms with Crippen molar-refractivity contribution < 1.29 is 15.0 Å². The molecular weight excluding hydrogens is 313 g/mol. The molecular formula is C15H19Cl2NO3. The summed E-state index contributed by atoms with van der Waals surface area (Å²) >= 11 is 12.3. The number of carboxylic acid groups (broad SMARTS) is 1. The first-order chi connectivity index (χ1) is 9.97. The Balaban J connectivity index is 1.89. The lowest BCUT2D eigenvalue weighted by Gasteiger charge is -2.32. The van der Waals surface area contributed by atoms with Crippen LogP contribution in [0.2, 0.25) is 10.0 Å². The van der Waals surface area contributed by atoms with E-state index in [1.807, 2.05) is 0 Å². The van der Waals surface area contributed by atoms with Gasteiger partial charge in [0.25, 0.3) is 0 Å². The summed E-state index contributed by atoms with van der Waals surface area (Å²) in [6.45, 7) is 2.40. The molecule has 0 aromatic heterocycles. The van der Waals surface area contributed by atoms with Crippen LogP contribution in [-0.2, 0) is 11.3 Å². The van der Waals surface area contributed by atoms with Gasteiger partial charge in [-0.3, -0.25) is 9.69 Å². The molecule has 1 fully saturated rings. The zero-order chi connectivity index (χ0) is 15.4. The van der Waals surface area contributed by atoms with Gasteiger partial charge in [-0.05, 0) is 50.4 Å². The second-order valence-electron chi connectivity index (χ2n) is 5.51. The van der Waals surface area contributed by atoms with Gasteiger partial charge in [0, 0.05) is 23.6 Å². The average molecular weight is 332 g/mol. The summed E-state index contributed by atoms with van der Waals surface area (Å²) in [5.41, 5.74) is 0.752. The molecule has 0 saturated carbocycles. The number of benzene rings is 1. The molecule has 4 nitrogen and oxygen atoms in total. The molecule has 1 aromatic rings. The van der Waals surface area contributed by atoms with E-state index in [1.165, 1.54) is 6.07 Å². The number of phenols is 1. The SMILES string of the molecule is O=C(O)CCC1CCN(Cc2c(Cl)ccc(O)c2Cl)CC1. The highest BCUT2D eigenvalue weighted by molar-refractivity contribution is 6.36. The number of aromatic hydroxyl groups is 1. The van der Waals surface area contributed by atoms with Gasteiger partial charge >= 0.3 is 5.97 Å². The average Bonchev–Trinajstić information content (AvgIpc) is 2.47. The lowest BCUT2D eigenvalue weighted by molar-refractivity contribution is -0.137. The third-order valence-electron chi connectivity index (χ3n) is 4.02. The van der Waals surface area contributed by atoms with Crippen molar-refractivity contribution in [2.75, 3.05) is 13.1 Å². The molecule has 21 heavy (non-hydrogen) atoms. The molecule has 1 aliphatic heterocycles. The van der Waals surface area contributed by atoms with Gasteiger partial charge in [-0.15, -0.1) is 0 Å². The maximum Gasteiger partial charge on any atom is 0.303 e. The van der Waals surface area contributed by atoms with Crippen molar-refractivity contribution in [2.45, 2.75) is 32.2 Å². The predicted octanol–water partition coefficient (Wildman–Crippen LogP) is 3.78. The van der Waals surface area contributed by atoms with E-state index in [1.54, 1.807) is 6.07 Å². The van der Waals surface area contributed by atoms with E-state index < -0.39 is 5.97 Å². The number of carbonyl (C=O) groups is 1. The fourth-order valence-corrected chi connectivity index (χ4v) is 3.20. The number of piperidine rings is 1. The van der Waals surface area contributed by atoms with Crippen molar-refractivity contribution in [1.82, 2.24) is 4.90 Å². The van der Waals surface area contributed by atoms with Gasteiger partial charge in [0.2, 0.25) is 0 Å². The number of nitrogens with zero attached hydrogens (tertiary/aromatic N) is 1. The third-order valence-corrected chi connectivity index (χ3v) is 4.80. The maximum absolute atomic E-state index is 10.6. The minimum Gasteiger partial charge on any atom is -0.506 e. The van der Waals surface area contributed by atoms with Crippen LogP contribution in [0.5, 0.6) is 5.75 Å². The monoisotopic (exact) mass is 331 g/mol. The van der Waals surface area contributed by atoms with Gasteiger partial charge in [0.05, 0.1) is 5.02 Å². The van der Waals surface area contributed by atoms with Gasteiger partial charge < -0.3 is 10.2 Å². The molecule has 0 atom stereocenters. The van der Waals surface area contributed by atoms with Crippen LogP contribution >= 0.6 is 23.2 Å². The summed E-state index contributed by atoms with van der Waals surface area (Å²) in [5, 5.41) is 19.2. The number of rotatable bonds is 5. The quantitative estimate of drug-likeness (QED) is 0.861. The Hall–Kier alpha value is -0.970. The Labute approximate surface area is 134 Å². The molecule has 0 radical (unpaired) electrons. The van der Waals surface area contributed by atoms with Gasteiger partial charge in [0.1, 0.15) is 5.75 Å². The zero-order valence-corrected chi connectivity index (χ0v) is 13.2. The Kier molecular flexibility index (Phi) is 5.73. The summed E-state index contributed by atoms with van der Waals surface area (Å²) in [5.74, 6) is -0.198. The van der Waals surface area contributed by atoms with E-state index in [2.05, 4.69) is 4.90 Å². The summed E-state index contributed by atoms with van der Waals surface area (Å²) in [6, 6.07) is 3.14. The number of carboxylic acids is 1. The number of aliphatic carboxylic acids is 1. The van der Waals surface area contributed by atoms with Crippen LogP contribution in [0, 0.1) is 5.92 Å². The van der Waals surface area contributed by atoms with Crippen molar-refractivity contribution in [3.63, 3.8) is 0 Å². The Bertz CT molecular complexity index is 514. The van der Waals surface area contributed by atoms with Crippen molar-refractivity contribution in [3.8, 4) is 5.75 Å². The number of likely N-dealkylation sites (tertiary alicyclic amines) is 1. The molecule has 1 heterocycles. The first-order valence-electron chi connectivity index (χ1n) is 7.07. The van der Waals surface area contributed by atoms with E-state index >= 15 is 0 Å². The van der Waals surface area contributed by atoms with Crippen molar-refractivity contribution in [3.05, 3.63) is 27.7 Å². The topological polar surface area (TPSA) is 60.8 Å². The molecule has 0 aliphatic carbocycles. The van der Waals surface area contributed by atoms with Crippen molar-refractivity contribution >= 4 is 29.2 Å². The normalized spacial score (nSPS) is 17.0. The Morgan fingerprint density at radius 1 is 1.29 bits per heavy atom. The molecule has 0 spiro atoms. The molecule has 6 heteroatoms. The molecule has 116 valence electrons. The molecule has 0 amide bonds. The largest absolute Gasteiger partial charge is 0.506 e. The van der Waals surface area contributed by atoms with E-state index in [0.717, 1.165) is 37.9 Å². The van der Waals surface area contributed by atoms with Crippen molar-refractivity contribution in [1.29, 1.82) is 0 Å². The second-order valence-corrected chi connectivity index (χ2v) is 6.30. The fourth-order valence-electron chi connectivity index (χ4n) is 2.71. The first kappa shape index (κ1) is 16.4. The molecule has 2 N–H and O–H groups in total. The predicted molar refractivity (Wildman–Crippen MR) is 83.0 cm³/mol. The zero-order valence-electron chi connectivity index (χ0n) is 11.7. The van der Waals surface area contributed by atoms with Crippen LogP contribution in [0.15, 0.2) is 12.1 Å². The first-order valence-corrected chi connectivity index (χ1v) is 7.83. The summed E-state index contributed by atoms with van der Waals surface area (Å²) in [4.78, 5) is 12.8. The molecule has 1 aliphatic rings. The Morgan fingerprint density at radius 2 is 1.95 bits per heavy atom. The number of phenolic OH excluding ortho intramolecular Hbond substituents is 1. The van der Waals surface area contributed by atoms with Gasteiger partial charge in [-0.2, -0.15) is 0 Å². The Morgan fingerprint density at radius 3 is 2.57 bits per heavy atom. The van der Waals surface area contributed by atoms with Crippen LogP contribution in [0.1, 0.15) is 31.2 Å². The lowest BCUT2D eigenvalue weighted by atomic mass is 9.92. The van der Waals surface area contributed by atoms with Gasteiger partial charge in [-0.1, -0.05) is 23.2 Å². The number of halogens is 2. The standard InChI is InChI=1S/C15H19Cl2NO3/c16-12-2-3-13(19)15(17)11(12)9-18-7-5-10(6-8-18)1-4-14(20)21/h2-3,10,19H,1,4-9H2,(H,20,21). The minimum atomic E-state index is -0.726. The van der Waals surface area contributed by atoms with Gasteiger partial charge in [0.15, 0.2) is 0 Å². The highest BCUT2D eigenvalue weighted by Crippen LogP contribution is 2.34. The van der Waals surface area contributed by atoms with E-state index in [9.17, 15) is 9.90 Å². The maximum atomic E-state index is 10.6. The number of hydrogen-bond donors (Lipinski definition) is 2. The van der Waals surface area contributed by atoms with Crippen LogP contribution < -0.4 is 0 Å². The highest BCUT2D eigenvalue weighted by atomic mass is 35.5. The minimum absolute atomic E-state index is 0.0485. The molecule has 2 rings (SSSR count). The molecule has 1 aromatic carbocycles.